The van der Waals surface area contributed by atoms with Crippen LogP contribution in [0.25, 0.3) is 0 Å². The second kappa shape index (κ2) is 12.0. The molecule has 0 heterocycles. The molecule has 0 radical (unpaired) electrons. The summed E-state index contributed by atoms with van der Waals surface area (Å²) in [6, 6.07) is 11.9. The summed E-state index contributed by atoms with van der Waals surface area (Å²) < 4.78 is 5.18. The van der Waals surface area contributed by atoms with Crippen molar-refractivity contribution in [2.24, 2.45) is 0 Å². The van der Waals surface area contributed by atoms with Crippen molar-refractivity contribution in [3.63, 3.8) is 0 Å². The van der Waals surface area contributed by atoms with Crippen LogP contribution in [0.1, 0.15) is 44.7 Å². The molecule has 0 aromatic heterocycles. The Bertz CT molecular complexity index is 867. The third kappa shape index (κ3) is 6.88. The molecule has 7 heteroatoms. The van der Waals surface area contributed by atoms with E-state index in [1.54, 1.807) is 30.2 Å². The minimum Gasteiger partial charge on any atom is -0.497 e. The molecular weight excluding hydrogens is 435 g/mol. The Morgan fingerprint density at radius 1 is 1.03 bits per heavy atom. The van der Waals surface area contributed by atoms with Gasteiger partial charge in [-0.2, -0.15) is 0 Å². The number of carbonyl (C=O) groups is 2. The van der Waals surface area contributed by atoms with Gasteiger partial charge in [-0.3, -0.25) is 9.59 Å². The molecule has 0 aliphatic heterocycles. The Kier molecular flexibility index (Phi) is 9.66. The fraction of sp³-hybridized carbons (Fsp3) is 0.417. The highest BCUT2D eigenvalue weighted by Crippen LogP contribution is 2.27. The zero-order valence-corrected chi connectivity index (χ0v) is 20.0. The van der Waals surface area contributed by atoms with E-state index in [-0.39, 0.29) is 30.8 Å². The van der Waals surface area contributed by atoms with Gasteiger partial charge in [-0.25, -0.2) is 0 Å². The molecule has 0 bridgehead atoms. The van der Waals surface area contributed by atoms with Gasteiger partial charge in [-0.05, 0) is 49.6 Å². The van der Waals surface area contributed by atoms with E-state index >= 15 is 0 Å². The van der Waals surface area contributed by atoms with Crippen LogP contribution in [-0.2, 0) is 22.6 Å². The number of rotatable bonds is 10. The SMILES string of the molecule is CCC(C)NC(=O)C(CC)N(Cc1c(Cl)cccc1Cl)C(=O)Cc1ccc(OC)cc1. The summed E-state index contributed by atoms with van der Waals surface area (Å²) in [5.74, 6) is 0.366. The van der Waals surface area contributed by atoms with Crippen LogP contribution in [0.15, 0.2) is 42.5 Å². The lowest BCUT2D eigenvalue weighted by molar-refractivity contribution is -0.141. The number of carbonyl (C=O) groups excluding carboxylic acids is 2. The van der Waals surface area contributed by atoms with Crippen LogP contribution in [0.5, 0.6) is 5.75 Å². The standard InChI is InChI=1S/C24H30Cl2N2O3/c1-5-16(3)27-24(30)22(6-2)28(15-19-20(25)8-7-9-21(19)26)23(29)14-17-10-12-18(31-4)13-11-17/h7-13,16,22H,5-6,14-15H2,1-4H3,(H,27,30). The molecule has 0 saturated carbocycles. The van der Waals surface area contributed by atoms with E-state index in [0.29, 0.717) is 22.0 Å². The molecule has 2 amide bonds. The minimum atomic E-state index is -0.632. The van der Waals surface area contributed by atoms with Crippen LogP contribution >= 0.6 is 23.2 Å². The number of halogens is 2. The van der Waals surface area contributed by atoms with E-state index in [0.717, 1.165) is 17.7 Å². The number of hydrogen-bond acceptors (Lipinski definition) is 3. The van der Waals surface area contributed by atoms with Crippen molar-refractivity contribution in [2.75, 3.05) is 7.11 Å². The predicted octanol–water partition coefficient (Wildman–Crippen LogP) is 5.27. The Balaban J connectivity index is 2.34. The summed E-state index contributed by atoms with van der Waals surface area (Å²) in [7, 11) is 1.59. The normalized spacial score (nSPS) is 12.7. The molecule has 2 unspecified atom stereocenters. The number of nitrogens with one attached hydrogen (secondary N) is 1. The third-order valence-electron chi connectivity index (χ3n) is 5.29. The van der Waals surface area contributed by atoms with Crippen molar-refractivity contribution in [1.29, 1.82) is 0 Å². The maximum absolute atomic E-state index is 13.4. The lowest BCUT2D eigenvalue weighted by Crippen LogP contribution is -2.51. The molecule has 2 aromatic rings. The van der Waals surface area contributed by atoms with Crippen molar-refractivity contribution in [3.05, 3.63) is 63.6 Å². The molecule has 1 N–H and O–H groups in total. The fourth-order valence-corrected chi connectivity index (χ4v) is 3.75. The largest absolute Gasteiger partial charge is 0.497 e. The first-order valence-corrected chi connectivity index (χ1v) is 11.2. The number of benzene rings is 2. The van der Waals surface area contributed by atoms with Crippen molar-refractivity contribution < 1.29 is 14.3 Å². The lowest BCUT2D eigenvalue weighted by atomic mass is 10.1. The molecule has 31 heavy (non-hydrogen) atoms. The van der Waals surface area contributed by atoms with Crippen LogP contribution in [0.3, 0.4) is 0 Å². The lowest BCUT2D eigenvalue weighted by Gasteiger charge is -2.32. The van der Waals surface area contributed by atoms with Gasteiger partial charge in [0, 0.05) is 28.2 Å². The van der Waals surface area contributed by atoms with Gasteiger partial charge in [0.05, 0.1) is 13.5 Å². The highest BCUT2D eigenvalue weighted by Gasteiger charge is 2.30. The van der Waals surface area contributed by atoms with Gasteiger partial charge in [-0.15, -0.1) is 0 Å². The van der Waals surface area contributed by atoms with Gasteiger partial charge in [0.2, 0.25) is 11.8 Å². The third-order valence-corrected chi connectivity index (χ3v) is 6.00. The number of ether oxygens (including phenoxy) is 1. The molecule has 0 saturated heterocycles. The van der Waals surface area contributed by atoms with Gasteiger partial charge in [-0.1, -0.05) is 55.2 Å². The summed E-state index contributed by atoms with van der Waals surface area (Å²) in [5.41, 5.74) is 1.46. The first kappa shape index (κ1) is 25.0. The van der Waals surface area contributed by atoms with Crippen molar-refractivity contribution in [1.82, 2.24) is 10.2 Å². The first-order chi connectivity index (χ1) is 14.8. The zero-order chi connectivity index (χ0) is 23.0. The molecule has 2 atom stereocenters. The van der Waals surface area contributed by atoms with Crippen LogP contribution in [0.4, 0.5) is 0 Å². The van der Waals surface area contributed by atoms with E-state index in [1.165, 1.54) is 0 Å². The molecular formula is C24H30Cl2N2O3. The summed E-state index contributed by atoms with van der Waals surface area (Å²) in [5, 5.41) is 3.92. The Labute approximate surface area is 194 Å². The summed E-state index contributed by atoms with van der Waals surface area (Å²) in [6.07, 6.45) is 1.43. The van der Waals surface area contributed by atoms with Crippen molar-refractivity contribution >= 4 is 35.0 Å². The molecule has 2 aromatic carbocycles. The van der Waals surface area contributed by atoms with Crippen LogP contribution in [-0.4, -0.2) is 35.9 Å². The van der Waals surface area contributed by atoms with Crippen LogP contribution < -0.4 is 10.1 Å². The predicted molar refractivity (Wildman–Crippen MR) is 126 cm³/mol. The summed E-state index contributed by atoms with van der Waals surface area (Å²) in [4.78, 5) is 28.0. The monoisotopic (exact) mass is 464 g/mol. The number of methoxy groups -OCH3 is 1. The molecule has 0 aliphatic carbocycles. The zero-order valence-electron chi connectivity index (χ0n) is 18.5. The minimum absolute atomic E-state index is 0.0176. The first-order valence-electron chi connectivity index (χ1n) is 10.5. The molecule has 5 nitrogen and oxygen atoms in total. The number of nitrogens with zero attached hydrogens (tertiary/aromatic N) is 1. The topological polar surface area (TPSA) is 58.6 Å². The average Bonchev–Trinajstić information content (AvgIpc) is 2.75. The summed E-state index contributed by atoms with van der Waals surface area (Å²) in [6.45, 7) is 5.99. The smallest absolute Gasteiger partial charge is 0.243 e. The molecule has 0 fully saturated rings. The molecule has 168 valence electrons. The van der Waals surface area contributed by atoms with Crippen molar-refractivity contribution in [3.8, 4) is 5.75 Å². The van der Waals surface area contributed by atoms with Gasteiger partial charge >= 0.3 is 0 Å². The second-order valence-electron chi connectivity index (χ2n) is 7.49. The van der Waals surface area contributed by atoms with E-state index in [9.17, 15) is 9.59 Å². The van der Waals surface area contributed by atoms with Gasteiger partial charge in [0.15, 0.2) is 0 Å². The van der Waals surface area contributed by atoms with Gasteiger partial charge in [0.1, 0.15) is 11.8 Å². The average molecular weight is 465 g/mol. The van der Waals surface area contributed by atoms with Gasteiger partial charge < -0.3 is 15.0 Å². The van der Waals surface area contributed by atoms with E-state index in [4.69, 9.17) is 27.9 Å². The van der Waals surface area contributed by atoms with Crippen molar-refractivity contribution in [2.45, 2.75) is 58.7 Å². The van der Waals surface area contributed by atoms with E-state index in [1.807, 2.05) is 45.0 Å². The molecule has 2 rings (SSSR count). The van der Waals surface area contributed by atoms with Crippen LogP contribution in [0, 0.1) is 0 Å². The molecule has 0 aliphatic rings. The van der Waals surface area contributed by atoms with E-state index < -0.39 is 6.04 Å². The highest BCUT2D eigenvalue weighted by atomic mass is 35.5. The molecule has 0 spiro atoms. The maximum Gasteiger partial charge on any atom is 0.243 e. The number of amides is 2. The Morgan fingerprint density at radius 3 is 2.16 bits per heavy atom. The fourth-order valence-electron chi connectivity index (χ4n) is 3.23. The highest BCUT2D eigenvalue weighted by molar-refractivity contribution is 6.36. The quantitative estimate of drug-likeness (QED) is 0.520. The number of hydrogen-bond donors (Lipinski definition) is 1. The van der Waals surface area contributed by atoms with Crippen LogP contribution in [0.2, 0.25) is 10.0 Å². The second-order valence-corrected chi connectivity index (χ2v) is 8.30. The maximum atomic E-state index is 13.4. The Morgan fingerprint density at radius 2 is 1.65 bits per heavy atom. The van der Waals surface area contributed by atoms with E-state index in [2.05, 4.69) is 5.32 Å². The van der Waals surface area contributed by atoms with Gasteiger partial charge in [0.25, 0.3) is 0 Å². The Hall–Kier alpha value is -2.24. The summed E-state index contributed by atoms with van der Waals surface area (Å²) >= 11 is 12.7.